The molecule has 0 saturated carbocycles. The Balaban J connectivity index is 2.09. The number of hydrogen-bond acceptors (Lipinski definition) is 5. The molecular formula is C25H42O5. The normalized spacial score (nSPS) is 38.0. The Hall–Kier alpha value is -1.20. The van der Waals surface area contributed by atoms with Crippen LogP contribution >= 0.6 is 0 Å². The monoisotopic (exact) mass is 422 g/mol. The van der Waals surface area contributed by atoms with Gasteiger partial charge in [-0.2, -0.15) is 0 Å². The van der Waals surface area contributed by atoms with Gasteiger partial charge in [0.05, 0.1) is 18.1 Å². The lowest BCUT2D eigenvalue weighted by Crippen LogP contribution is -2.31. The topological polar surface area (TPSA) is 72.8 Å². The predicted molar refractivity (Wildman–Crippen MR) is 118 cm³/mol. The third-order valence-corrected chi connectivity index (χ3v) is 6.73. The first-order valence-corrected chi connectivity index (χ1v) is 11.9. The van der Waals surface area contributed by atoms with E-state index in [9.17, 15) is 14.7 Å². The summed E-state index contributed by atoms with van der Waals surface area (Å²) in [5.74, 6) is -0.174. The Bertz CT molecular complexity index is 586. The van der Waals surface area contributed by atoms with Crippen LogP contribution in [0.4, 0.5) is 0 Å². The minimum atomic E-state index is -1.01. The lowest BCUT2D eigenvalue weighted by molar-refractivity contribution is -0.154. The summed E-state index contributed by atoms with van der Waals surface area (Å²) >= 11 is 0. The molecule has 7 atom stereocenters. The molecule has 0 radical (unpaired) electrons. The second kappa shape index (κ2) is 12.0. The second-order valence-corrected chi connectivity index (χ2v) is 9.79. The fourth-order valence-electron chi connectivity index (χ4n) is 4.84. The summed E-state index contributed by atoms with van der Waals surface area (Å²) in [5.41, 5.74) is 0.917. The van der Waals surface area contributed by atoms with Crippen LogP contribution in [0.25, 0.3) is 0 Å². The van der Waals surface area contributed by atoms with Crippen LogP contribution in [0, 0.1) is 17.8 Å². The maximum absolute atomic E-state index is 12.6. The minimum Gasteiger partial charge on any atom is -0.462 e. The molecule has 2 rings (SSSR count). The fraction of sp³-hybridized carbons (Fsp3) is 0.840. The molecule has 1 N–H and O–H groups in total. The van der Waals surface area contributed by atoms with Gasteiger partial charge in [-0.05, 0) is 43.9 Å². The van der Waals surface area contributed by atoms with Crippen LogP contribution in [0.5, 0.6) is 0 Å². The molecule has 0 aliphatic carbocycles. The van der Waals surface area contributed by atoms with E-state index in [1.165, 1.54) is 0 Å². The van der Waals surface area contributed by atoms with E-state index in [1.807, 2.05) is 13.8 Å². The molecule has 0 aromatic heterocycles. The summed E-state index contributed by atoms with van der Waals surface area (Å²) in [6, 6.07) is 0. The standard InChI is InChI=1S/C25H42O5/c1-6-9-20-13-16(2)12-19(5)24(27)22(26)15-21-14-18(4)23(29-21)11-8-7-10-17(3)25(28)30-20/h17-21,23-24,27H,2,6-15H2,1,3-5H3/t17-,18?,19+,20+,21?,23?,24-/m0/s1. The molecule has 0 amide bonds. The first kappa shape index (κ1) is 25.1. The van der Waals surface area contributed by atoms with Crippen LogP contribution in [-0.4, -0.2) is 41.3 Å². The van der Waals surface area contributed by atoms with E-state index in [2.05, 4.69) is 20.4 Å². The summed E-state index contributed by atoms with van der Waals surface area (Å²) in [4.78, 5) is 25.2. The number of ether oxygens (including phenoxy) is 2. The van der Waals surface area contributed by atoms with E-state index in [0.717, 1.165) is 50.5 Å². The first-order valence-electron chi connectivity index (χ1n) is 11.9. The summed E-state index contributed by atoms with van der Waals surface area (Å²) < 4.78 is 12.0. The van der Waals surface area contributed by atoms with Gasteiger partial charge in [0, 0.05) is 12.8 Å². The third-order valence-electron chi connectivity index (χ3n) is 6.73. The lowest BCUT2D eigenvalue weighted by Gasteiger charge is -2.24. The van der Waals surface area contributed by atoms with Crippen molar-refractivity contribution in [2.75, 3.05) is 0 Å². The van der Waals surface area contributed by atoms with Gasteiger partial charge in [-0.25, -0.2) is 0 Å². The molecule has 2 aliphatic rings. The van der Waals surface area contributed by atoms with Gasteiger partial charge in [0.25, 0.3) is 0 Å². The van der Waals surface area contributed by atoms with Gasteiger partial charge >= 0.3 is 5.97 Å². The van der Waals surface area contributed by atoms with Crippen LogP contribution in [0.3, 0.4) is 0 Å². The van der Waals surface area contributed by atoms with E-state index in [1.54, 1.807) is 0 Å². The van der Waals surface area contributed by atoms with Crippen molar-refractivity contribution in [1.29, 1.82) is 0 Å². The number of carbonyl (C=O) groups excluding carboxylic acids is 2. The molecule has 30 heavy (non-hydrogen) atoms. The van der Waals surface area contributed by atoms with Crippen molar-refractivity contribution in [3.63, 3.8) is 0 Å². The van der Waals surface area contributed by atoms with Gasteiger partial charge in [0.1, 0.15) is 12.2 Å². The largest absolute Gasteiger partial charge is 0.462 e. The number of hydrogen-bond donors (Lipinski definition) is 1. The molecular weight excluding hydrogens is 380 g/mol. The molecule has 2 bridgehead atoms. The van der Waals surface area contributed by atoms with Crippen LogP contribution in [0.2, 0.25) is 0 Å². The molecule has 5 nitrogen and oxygen atoms in total. The van der Waals surface area contributed by atoms with Gasteiger partial charge < -0.3 is 14.6 Å². The van der Waals surface area contributed by atoms with E-state index in [4.69, 9.17) is 9.47 Å². The van der Waals surface area contributed by atoms with Gasteiger partial charge in [0.2, 0.25) is 0 Å². The summed E-state index contributed by atoms with van der Waals surface area (Å²) in [5, 5.41) is 10.6. The zero-order valence-electron chi connectivity index (χ0n) is 19.4. The number of ketones is 1. The van der Waals surface area contributed by atoms with Crippen molar-refractivity contribution in [3.05, 3.63) is 12.2 Å². The first-order chi connectivity index (χ1) is 14.2. The van der Waals surface area contributed by atoms with Crippen LogP contribution < -0.4 is 0 Å². The molecule has 2 aliphatic heterocycles. The highest BCUT2D eigenvalue weighted by molar-refractivity contribution is 5.83. The number of aliphatic hydroxyl groups excluding tert-OH is 1. The third kappa shape index (κ3) is 7.49. The quantitative estimate of drug-likeness (QED) is 0.501. The Morgan fingerprint density at radius 3 is 2.43 bits per heavy atom. The van der Waals surface area contributed by atoms with Gasteiger partial charge in [0.15, 0.2) is 5.78 Å². The van der Waals surface area contributed by atoms with E-state index < -0.39 is 6.10 Å². The van der Waals surface area contributed by atoms with Crippen molar-refractivity contribution in [2.24, 2.45) is 17.8 Å². The highest BCUT2D eigenvalue weighted by atomic mass is 16.5. The Kier molecular flexibility index (Phi) is 10.0. The zero-order chi connectivity index (χ0) is 22.3. The number of aliphatic hydroxyl groups is 1. The Labute approximate surface area is 182 Å². The molecule has 0 aromatic carbocycles. The smallest absolute Gasteiger partial charge is 0.308 e. The number of esters is 1. The molecule has 5 heteroatoms. The number of carbonyl (C=O) groups is 2. The van der Waals surface area contributed by atoms with Crippen LogP contribution in [-0.2, 0) is 19.1 Å². The zero-order valence-corrected chi connectivity index (χ0v) is 19.4. The number of rotatable bonds is 2. The number of fused-ring (bicyclic) bond motifs is 2. The fourth-order valence-corrected chi connectivity index (χ4v) is 4.84. The highest BCUT2D eigenvalue weighted by Crippen LogP contribution is 2.32. The molecule has 2 saturated heterocycles. The summed E-state index contributed by atoms with van der Waals surface area (Å²) in [6.07, 6.45) is 6.63. The predicted octanol–water partition coefficient (Wildman–Crippen LogP) is 4.99. The van der Waals surface area contributed by atoms with Gasteiger partial charge in [-0.1, -0.05) is 59.1 Å². The highest BCUT2D eigenvalue weighted by Gasteiger charge is 2.35. The van der Waals surface area contributed by atoms with Crippen LogP contribution in [0.15, 0.2) is 12.2 Å². The minimum absolute atomic E-state index is 0.0933. The molecule has 2 fully saturated rings. The van der Waals surface area contributed by atoms with Crippen molar-refractivity contribution >= 4 is 11.8 Å². The summed E-state index contributed by atoms with van der Waals surface area (Å²) in [6.45, 7) is 12.2. The molecule has 0 spiro atoms. The van der Waals surface area contributed by atoms with Crippen molar-refractivity contribution < 1.29 is 24.2 Å². The number of Topliss-reactive ketones (excluding diaryl/α,β-unsaturated/α-hetero) is 1. The van der Waals surface area contributed by atoms with Gasteiger partial charge in [-0.3, -0.25) is 9.59 Å². The van der Waals surface area contributed by atoms with Crippen molar-refractivity contribution in [1.82, 2.24) is 0 Å². The van der Waals surface area contributed by atoms with Crippen LogP contribution in [0.1, 0.15) is 91.9 Å². The average molecular weight is 423 g/mol. The molecule has 0 aromatic rings. The second-order valence-electron chi connectivity index (χ2n) is 9.79. The number of cyclic esters (lactones) is 1. The average Bonchev–Trinajstić information content (AvgIpc) is 3.02. The SMILES string of the molecule is C=C1C[C@@H](CCC)OC(=O)[C@@H](C)CCCCC2OC(CC(=O)[C@@H](O)[C@H](C)C1)CC2C. The Morgan fingerprint density at radius 1 is 1.03 bits per heavy atom. The van der Waals surface area contributed by atoms with E-state index >= 15 is 0 Å². The van der Waals surface area contributed by atoms with Crippen molar-refractivity contribution in [2.45, 2.75) is 116 Å². The Morgan fingerprint density at radius 2 is 1.73 bits per heavy atom. The summed E-state index contributed by atoms with van der Waals surface area (Å²) in [7, 11) is 0. The molecule has 2 heterocycles. The van der Waals surface area contributed by atoms with E-state index in [0.29, 0.717) is 18.8 Å². The molecule has 172 valence electrons. The van der Waals surface area contributed by atoms with Crippen molar-refractivity contribution in [3.8, 4) is 0 Å². The molecule has 3 unspecified atom stereocenters. The van der Waals surface area contributed by atoms with E-state index in [-0.39, 0.29) is 48.3 Å². The van der Waals surface area contributed by atoms with Gasteiger partial charge in [-0.15, -0.1) is 0 Å². The lowest BCUT2D eigenvalue weighted by atomic mass is 9.89. The maximum atomic E-state index is 12.6. The maximum Gasteiger partial charge on any atom is 0.308 e.